The normalized spacial score (nSPS) is 12.2. The topological polar surface area (TPSA) is 58.4 Å². The molecule has 1 N–H and O–H groups in total. The Labute approximate surface area is 124 Å². The van der Waals surface area contributed by atoms with Gasteiger partial charge >= 0.3 is 0 Å². The molecule has 0 amide bonds. The molecule has 5 heteroatoms. The molecular formula is C16H23N3O2. The first-order valence-corrected chi connectivity index (χ1v) is 7.29. The lowest BCUT2D eigenvalue weighted by Gasteiger charge is -2.28. The van der Waals surface area contributed by atoms with Gasteiger partial charge in [-0.1, -0.05) is 19.1 Å². The van der Waals surface area contributed by atoms with Gasteiger partial charge in [0.1, 0.15) is 0 Å². The second-order valence-electron chi connectivity index (χ2n) is 5.94. The molecule has 0 spiro atoms. The number of aromatic nitrogens is 2. The smallest absolute Gasteiger partial charge is 0.261 e. The average molecular weight is 289 g/mol. The Kier molecular flexibility index (Phi) is 4.75. The monoisotopic (exact) mass is 289 g/mol. The van der Waals surface area contributed by atoms with Crippen LogP contribution in [0.2, 0.25) is 0 Å². The van der Waals surface area contributed by atoms with Gasteiger partial charge in [-0.15, -0.1) is 0 Å². The number of hydrogen-bond donors (Lipinski definition) is 1. The zero-order valence-corrected chi connectivity index (χ0v) is 12.9. The fraction of sp³-hybridized carbons (Fsp3) is 0.500. The van der Waals surface area contributed by atoms with Gasteiger partial charge in [0.25, 0.3) is 5.56 Å². The number of likely N-dealkylation sites (N-methyl/N-ethyl adjacent to an activating group) is 1. The molecule has 1 heterocycles. The third-order valence-electron chi connectivity index (χ3n) is 3.45. The van der Waals surface area contributed by atoms with Gasteiger partial charge < -0.3 is 5.11 Å². The molecule has 0 radical (unpaired) electrons. The van der Waals surface area contributed by atoms with E-state index in [1.54, 1.807) is 30.8 Å². The number of benzene rings is 1. The van der Waals surface area contributed by atoms with Crippen molar-refractivity contribution in [3.8, 4) is 0 Å². The second kappa shape index (κ2) is 6.37. The molecule has 0 aliphatic carbocycles. The van der Waals surface area contributed by atoms with Gasteiger partial charge in [0.15, 0.2) is 0 Å². The highest BCUT2D eigenvalue weighted by atomic mass is 16.3. The fourth-order valence-electron chi connectivity index (χ4n) is 2.41. The lowest BCUT2D eigenvalue weighted by atomic mass is 10.1. The summed E-state index contributed by atoms with van der Waals surface area (Å²) in [6.07, 6.45) is 1.60. The fourth-order valence-corrected chi connectivity index (χ4v) is 2.41. The number of para-hydroxylation sites is 1. The van der Waals surface area contributed by atoms with Crippen molar-refractivity contribution in [2.75, 3.05) is 19.6 Å². The van der Waals surface area contributed by atoms with Gasteiger partial charge in [0, 0.05) is 19.6 Å². The summed E-state index contributed by atoms with van der Waals surface area (Å²) in [6, 6.07) is 7.37. The maximum absolute atomic E-state index is 12.4. The predicted molar refractivity (Wildman–Crippen MR) is 84.4 cm³/mol. The molecule has 0 aliphatic rings. The molecule has 114 valence electrons. The third-order valence-corrected chi connectivity index (χ3v) is 3.45. The van der Waals surface area contributed by atoms with Crippen molar-refractivity contribution in [3.05, 3.63) is 40.9 Å². The molecule has 0 bridgehead atoms. The molecule has 2 aromatic rings. The van der Waals surface area contributed by atoms with E-state index in [0.29, 0.717) is 25.0 Å². The first-order chi connectivity index (χ1) is 9.90. The van der Waals surface area contributed by atoms with Gasteiger partial charge in [-0.05, 0) is 32.5 Å². The predicted octanol–water partition coefficient (Wildman–Crippen LogP) is 1.49. The minimum absolute atomic E-state index is 0.0140. The van der Waals surface area contributed by atoms with Crippen molar-refractivity contribution in [3.63, 3.8) is 0 Å². The summed E-state index contributed by atoms with van der Waals surface area (Å²) < 4.78 is 1.63. The van der Waals surface area contributed by atoms with Crippen LogP contribution in [0.3, 0.4) is 0 Å². The van der Waals surface area contributed by atoms with E-state index in [-0.39, 0.29) is 5.56 Å². The van der Waals surface area contributed by atoms with E-state index in [4.69, 9.17) is 0 Å². The highest BCUT2D eigenvalue weighted by Gasteiger charge is 2.17. The number of nitrogens with zero attached hydrogens (tertiary/aromatic N) is 3. The zero-order valence-electron chi connectivity index (χ0n) is 12.9. The van der Waals surface area contributed by atoms with E-state index >= 15 is 0 Å². The standard InChI is InChI=1S/C16H23N3O2/c1-4-18(11-16(2,3)21)9-10-19-12-17-14-8-6-5-7-13(14)15(19)20/h5-8,12,21H,4,9-11H2,1-3H3. The summed E-state index contributed by atoms with van der Waals surface area (Å²) in [4.78, 5) is 18.8. The number of hydrogen-bond acceptors (Lipinski definition) is 4. The van der Waals surface area contributed by atoms with Crippen LogP contribution in [0.1, 0.15) is 20.8 Å². The second-order valence-corrected chi connectivity index (χ2v) is 5.94. The maximum atomic E-state index is 12.4. The van der Waals surface area contributed by atoms with Gasteiger partial charge in [0.2, 0.25) is 0 Å². The van der Waals surface area contributed by atoms with E-state index in [9.17, 15) is 9.90 Å². The van der Waals surface area contributed by atoms with Crippen LogP contribution in [-0.4, -0.2) is 44.8 Å². The molecule has 1 aromatic heterocycles. The number of rotatable bonds is 6. The highest BCUT2D eigenvalue weighted by Crippen LogP contribution is 2.06. The van der Waals surface area contributed by atoms with Gasteiger partial charge in [-0.25, -0.2) is 4.98 Å². The lowest BCUT2D eigenvalue weighted by Crippen LogP contribution is -2.40. The number of aliphatic hydroxyl groups is 1. The van der Waals surface area contributed by atoms with Crippen LogP contribution in [0.15, 0.2) is 35.4 Å². The van der Waals surface area contributed by atoms with Crippen LogP contribution >= 0.6 is 0 Å². The van der Waals surface area contributed by atoms with E-state index in [0.717, 1.165) is 12.1 Å². The molecule has 0 aliphatic heterocycles. The highest BCUT2D eigenvalue weighted by molar-refractivity contribution is 5.76. The molecule has 1 aromatic carbocycles. The quantitative estimate of drug-likeness (QED) is 0.875. The first kappa shape index (κ1) is 15.7. The molecule has 0 atom stereocenters. The van der Waals surface area contributed by atoms with E-state index in [1.807, 2.05) is 25.1 Å². The Balaban J connectivity index is 2.13. The minimum atomic E-state index is -0.734. The summed E-state index contributed by atoms with van der Waals surface area (Å²) in [6.45, 7) is 8.33. The van der Waals surface area contributed by atoms with Gasteiger partial charge in [-0.2, -0.15) is 0 Å². The lowest BCUT2D eigenvalue weighted by molar-refractivity contribution is 0.0367. The van der Waals surface area contributed by atoms with Crippen LogP contribution in [-0.2, 0) is 6.54 Å². The summed E-state index contributed by atoms with van der Waals surface area (Å²) in [7, 11) is 0. The van der Waals surface area contributed by atoms with Crippen LogP contribution in [0, 0.1) is 0 Å². The Morgan fingerprint density at radius 2 is 2.05 bits per heavy atom. The van der Waals surface area contributed by atoms with Crippen molar-refractivity contribution in [2.24, 2.45) is 0 Å². The van der Waals surface area contributed by atoms with E-state index in [2.05, 4.69) is 9.88 Å². The molecule has 2 rings (SSSR count). The Morgan fingerprint density at radius 1 is 1.33 bits per heavy atom. The molecule has 21 heavy (non-hydrogen) atoms. The third kappa shape index (κ3) is 4.12. The Hall–Kier alpha value is -1.72. The zero-order chi connectivity index (χ0) is 15.5. The Bertz CT molecular complexity index is 658. The largest absolute Gasteiger partial charge is 0.389 e. The van der Waals surface area contributed by atoms with Gasteiger partial charge in [0.05, 0.1) is 22.8 Å². The van der Waals surface area contributed by atoms with Gasteiger partial charge in [-0.3, -0.25) is 14.3 Å². The van der Waals surface area contributed by atoms with Crippen molar-refractivity contribution in [1.29, 1.82) is 0 Å². The van der Waals surface area contributed by atoms with Crippen LogP contribution in [0.5, 0.6) is 0 Å². The summed E-state index contributed by atoms with van der Waals surface area (Å²) in [5, 5.41) is 10.5. The van der Waals surface area contributed by atoms with Crippen LogP contribution < -0.4 is 5.56 Å². The SMILES string of the molecule is CCN(CCn1cnc2ccccc2c1=O)CC(C)(C)O. The minimum Gasteiger partial charge on any atom is -0.389 e. The number of fused-ring (bicyclic) bond motifs is 1. The molecule has 0 saturated carbocycles. The van der Waals surface area contributed by atoms with E-state index < -0.39 is 5.60 Å². The molecule has 5 nitrogen and oxygen atoms in total. The average Bonchev–Trinajstić information content (AvgIpc) is 2.44. The molecule has 0 saturated heterocycles. The van der Waals surface area contributed by atoms with Crippen LogP contribution in [0.4, 0.5) is 0 Å². The summed E-state index contributed by atoms with van der Waals surface area (Å²) >= 11 is 0. The molecule has 0 fully saturated rings. The van der Waals surface area contributed by atoms with Crippen molar-refractivity contribution >= 4 is 10.9 Å². The van der Waals surface area contributed by atoms with Crippen molar-refractivity contribution in [2.45, 2.75) is 32.9 Å². The van der Waals surface area contributed by atoms with Crippen molar-refractivity contribution < 1.29 is 5.11 Å². The summed E-state index contributed by atoms with van der Waals surface area (Å²) in [5.41, 5.74) is -0.0229. The van der Waals surface area contributed by atoms with Crippen molar-refractivity contribution in [1.82, 2.24) is 14.5 Å². The molecular weight excluding hydrogens is 266 g/mol. The summed E-state index contributed by atoms with van der Waals surface area (Å²) in [5.74, 6) is 0. The van der Waals surface area contributed by atoms with Crippen LogP contribution in [0.25, 0.3) is 10.9 Å². The van der Waals surface area contributed by atoms with E-state index in [1.165, 1.54) is 0 Å². The Morgan fingerprint density at radius 3 is 2.71 bits per heavy atom. The first-order valence-electron chi connectivity index (χ1n) is 7.29. The maximum Gasteiger partial charge on any atom is 0.261 e. The molecule has 0 unspecified atom stereocenters.